The van der Waals surface area contributed by atoms with Crippen LogP contribution in [0.2, 0.25) is 0 Å². The number of hydrogen-bond donors (Lipinski definition) is 1. The molecule has 1 heterocycles. The van der Waals surface area contributed by atoms with Crippen molar-refractivity contribution in [2.45, 2.75) is 37.8 Å². The second kappa shape index (κ2) is 5.55. The van der Waals surface area contributed by atoms with Gasteiger partial charge in [0.2, 0.25) is 0 Å². The minimum Gasteiger partial charge on any atom is -0.315 e. The average molecular weight is 228 g/mol. The van der Waals surface area contributed by atoms with Gasteiger partial charge < -0.3 is 10.2 Å². The van der Waals surface area contributed by atoms with Crippen molar-refractivity contribution in [1.82, 2.24) is 10.2 Å². The van der Waals surface area contributed by atoms with Gasteiger partial charge in [0, 0.05) is 30.1 Å². The topological polar surface area (TPSA) is 15.3 Å². The largest absolute Gasteiger partial charge is 0.315 e. The summed E-state index contributed by atoms with van der Waals surface area (Å²) in [6.45, 7) is 1.26. The molecule has 2 rings (SSSR count). The molecule has 1 saturated carbocycles. The Morgan fingerprint density at radius 2 is 2.27 bits per heavy atom. The molecule has 1 aliphatic heterocycles. The van der Waals surface area contributed by atoms with Crippen molar-refractivity contribution in [3.05, 3.63) is 0 Å². The zero-order chi connectivity index (χ0) is 10.7. The molecule has 2 unspecified atom stereocenters. The van der Waals surface area contributed by atoms with E-state index in [-0.39, 0.29) is 0 Å². The first kappa shape index (κ1) is 11.7. The third kappa shape index (κ3) is 2.89. The molecule has 1 saturated heterocycles. The molecule has 0 amide bonds. The van der Waals surface area contributed by atoms with Crippen molar-refractivity contribution in [1.29, 1.82) is 0 Å². The van der Waals surface area contributed by atoms with Gasteiger partial charge in [-0.25, -0.2) is 0 Å². The lowest BCUT2D eigenvalue weighted by molar-refractivity contribution is 0.175. The highest BCUT2D eigenvalue weighted by atomic mass is 32.2. The second-order valence-electron chi connectivity index (χ2n) is 5.05. The monoisotopic (exact) mass is 228 g/mol. The first-order chi connectivity index (χ1) is 7.31. The quantitative estimate of drug-likeness (QED) is 0.790. The van der Waals surface area contributed by atoms with Crippen LogP contribution in [0.3, 0.4) is 0 Å². The smallest absolute Gasteiger partial charge is 0.0337 e. The Labute approximate surface area is 98.2 Å². The van der Waals surface area contributed by atoms with E-state index in [1.165, 1.54) is 43.7 Å². The van der Waals surface area contributed by atoms with E-state index < -0.39 is 0 Å². The van der Waals surface area contributed by atoms with Gasteiger partial charge in [-0.2, -0.15) is 11.8 Å². The number of thioether (sulfide) groups is 1. The molecule has 3 heteroatoms. The maximum Gasteiger partial charge on any atom is 0.0337 e. The SMILES string of the molecule is CNC(CC1CCC1)C1CSCCN1C. The van der Waals surface area contributed by atoms with Crippen molar-refractivity contribution in [3.8, 4) is 0 Å². The molecular weight excluding hydrogens is 204 g/mol. The highest BCUT2D eigenvalue weighted by Gasteiger charge is 2.30. The van der Waals surface area contributed by atoms with Gasteiger partial charge in [-0.05, 0) is 26.4 Å². The number of rotatable bonds is 4. The number of hydrogen-bond acceptors (Lipinski definition) is 3. The lowest BCUT2D eigenvalue weighted by atomic mass is 9.79. The molecule has 15 heavy (non-hydrogen) atoms. The normalized spacial score (nSPS) is 31.2. The number of nitrogens with zero attached hydrogens (tertiary/aromatic N) is 1. The van der Waals surface area contributed by atoms with Crippen LogP contribution in [0.15, 0.2) is 0 Å². The van der Waals surface area contributed by atoms with E-state index in [1.807, 2.05) is 0 Å². The summed E-state index contributed by atoms with van der Waals surface area (Å²) in [4.78, 5) is 2.55. The Kier molecular flexibility index (Phi) is 4.35. The van der Waals surface area contributed by atoms with Gasteiger partial charge >= 0.3 is 0 Å². The van der Waals surface area contributed by atoms with Crippen LogP contribution in [0.1, 0.15) is 25.7 Å². The highest BCUT2D eigenvalue weighted by molar-refractivity contribution is 7.99. The van der Waals surface area contributed by atoms with Crippen LogP contribution in [-0.2, 0) is 0 Å². The Morgan fingerprint density at radius 3 is 2.80 bits per heavy atom. The van der Waals surface area contributed by atoms with Gasteiger partial charge in [-0.15, -0.1) is 0 Å². The predicted molar refractivity (Wildman–Crippen MR) is 68.5 cm³/mol. The molecule has 1 aliphatic carbocycles. The zero-order valence-electron chi connectivity index (χ0n) is 10.0. The maximum absolute atomic E-state index is 3.55. The fraction of sp³-hybridized carbons (Fsp3) is 1.00. The first-order valence-corrected chi connectivity index (χ1v) is 7.42. The molecule has 2 aliphatic rings. The third-order valence-corrected chi connectivity index (χ3v) is 5.14. The first-order valence-electron chi connectivity index (χ1n) is 6.26. The third-order valence-electron chi connectivity index (χ3n) is 4.09. The van der Waals surface area contributed by atoms with E-state index in [1.54, 1.807) is 0 Å². The van der Waals surface area contributed by atoms with Crippen molar-refractivity contribution < 1.29 is 0 Å². The Morgan fingerprint density at radius 1 is 1.47 bits per heavy atom. The lowest BCUT2D eigenvalue weighted by Gasteiger charge is -2.40. The molecule has 0 spiro atoms. The molecular formula is C12H24N2S. The standard InChI is InChI=1S/C12H24N2S/c1-13-11(8-10-4-3-5-10)12-9-15-7-6-14(12)2/h10-13H,3-9H2,1-2H3. The highest BCUT2D eigenvalue weighted by Crippen LogP contribution is 2.32. The molecule has 0 radical (unpaired) electrons. The summed E-state index contributed by atoms with van der Waals surface area (Å²) in [6, 6.07) is 1.47. The van der Waals surface area contributed by atoms with Crippen LogP contribution >= 0.6 is 11.8 Å². The van der Waals surface area contributed by atoms with Gasteiger partial charge in [0.05, 0.1) is 0 Å². The fourth-order valence-electron chi connectivity index (χ4n) is 2.68. The minimum atomic E-state index is 0.716. The molecule has 2 fully saturated rings. The summed E-state index contributed by atoms with van der Waals surface area (Å²) in [5, 5.41) is 3.55. The van der Waals surface area contributed by atoms with Gasteiger partial charge in [0.25, 0.3) is 0 Å². The molecule has 2 atom stereocenters. The van der Waals surface area contributed by atoms with E-state index in [0.717, 1.165) is 12.0 Å². The summed E-state index contributed by atoms with van der Waals surface area (Å²) < 4.78 is 0. The van der Waals surface area contributed by atoms with E-state index in [0.29, 0.717) is 6.04 Å². The van der Waals surface area contributed by atoms with Gasteiger partial charge in [0.1, 0.15) is 0 Å². The summed E-state index contributed by atoms with van der Waals surface area (Å²) in [6.07, 6.45) is 5.81. The van der Waals surface area contributed by atoms with Crippen LogP contribution < -0.4 is 5.32 Å². The van der Waals surface area contributed by atoms with Gasteiger partial charge in [0.15, 0.2) is 0 Å². The predicted octanol–water partition coefficient (Wildman–Crippen LogP) is 1.81. The summed E-state index contributed by atoms with van der Waals surface area (Å²) in [7, 11) is 4.42. The Balaban J connectivity index is 1.85. The van der Waals surface area contributed by atoms with Gasteiger partial charge in [-0.3, -0.25) is 0 Å². The van der Waals surface area contributed by atoms with Crippen LogP contribution in [0.5, 0.6) is 0 Å². The van der Waals surface area contributed by atoms with E-state index >= 15 is 0 Å². The van der Waals surface area contributed by atoms with Crippen LogP contribution in [0, 0.1) is 5.92 Å². The Bertz CT molecular complexity index is 194. The van der Waals surface area contributed by atoms with Crippen molar-refractivity contribution in [2.24, 2.45) is 5.92 Å². The average Bonchev–Trinajstić information content (AvgIpc) is 2.19. The second-order valence-corrected chi connectivity index (χ2v) is 6.20. The summed E-state index contributed by atoms with van der Waals surface area (Å²) in [5.41, 5.74) is 0. The lowest BCUT2D eigenvalue weighted by Crippen LogP contribution is -2.52. The molecule has 2 nitrogen and oxygen atoms in total. The van der Waals surface area contributed by atoms with E-state index in [4.69, 9.17) is 0 Å². The van der Waals surface area contributed by atoms with E-state index in [2.05, 4.69) is 36.1 Å². The molecule has 0 aromatic heterocycles. The number of nitrogens with one attached hydrogen (secondary N) is 1. The molecule has 0 aromatic carbocycles. The van der Waals surface area contributed by atoms with Crippen molar-refractivity contribution in [2.75, 3.05) is 32.1 Å². The summed E-state index contributed by atoms with van der Waals surface area (Å²) >= 11 is 2.12. The minimum absolute atomic E-state index is 0.716. The molecule has 1 N–H and O–H groups in total. The van der Waals surface area contributed by atoms with Crippen LogP contribution in [0.4, 0.5) is 0 Å². The van der Waals surface area contributed by atoms with Crippen molar-refractivity contribution >= 4 is 11.8 Å². The van der Waals surface area contributed by atoms with Crippen molar-refractivity contribution in [3.63, 3.8) is 0 Å². The zero-order valence-corrected chi connectivity index (χ0v) is 10.9. The maximum atomic E-state index is 3.55. The summed E-state index contributed by atoms with van der Waals surface area (Å²) in [5.74, 6) is 3.64. The Hall–Kier alpha value is 0.270. The van der Waals surface area contributed by atoms with Gasteiger partial charge in [-0.1, -0.05) is 19.3 Å². The van der Waals surface area contributed by atoms with E-state index in [9.17, 15) is 0 Å². The number of likely N-dealkylation sites (N-methyl/N-ethyl adjacent to an activating group) is 2. The molecule has 0 aromatic rings. The molecule has 0 bridgehead atoms. The van der Waals surface area contributed by atoms with Crippen LogP contribution in [-0.4, -0.2) is 49.1 Å². The van der Waals surface area contributed by atoms with Crippen LogP contribution in [0.25, 0.3) is 0 Å². The molecule has 88 valence electrons. The fourth-order valence-corrected chi connectivity index (χ4v) is 4.00.